The zero-order chi connectivity index (χ0) is 20.4. The highest BCUT2D eigenvalue weighted by molar-refractivity contribution is 6.29. The molecule has 0 fully saturated rings. The van der Waals surface area contributed by atoms with Crippen molar-refractivity contribution in [2.45, 2.75) is 24.9 Å². The van der Waals surface area contributed by atoms with Gasteiger partial charge in [-0.1, -0.05) is 24.3 Å². The number of benzene rings is 2. The van der Waals surface area contributed by atoms with Crippen LogP contribution >= 0.6 is 0 Å². The van der Waals surface area contributed by atoms with E-state index in [1.54, 1.807) is 12.1 Å². The Morgan fingerprint density at radius 1 is 0.964 bits per heavy atom. The van der Waals surface area contributed by atoms with Gasteiger partial charge in [0.1, 0.15) is 30.7 Å². The van der Waals surface area contributed by atoms with Gasteiger partial charge in [0.15, 0.2) is 17.9 Å². The van der Waals surface area contributed by atoms with Crippen molar-refractivity contribution in [2.75, 3.05) is 6.61 Å². The molecular formula is C20H18O8. The Morgan fingerprint density at radius 2 is 1.61 bits per heavy atom. The molecule has 0 heterocycles. The van der Waals surface area contributed by atoms with Gasteiger partial charge in [-0.05, 0) is 17.7 Å². The number of aliphatic hydroxyl groups is 4. The molecule has 0 aliphatic heterocycles. The standard InChI is InChI=1S/C20H18O8/c21-7-10-5-13-17(19(26)12-4-2-1-3-11(12)18(13)25)16(6-10)28-9-15(24)20(27)14(23)8-22/h1-6,8,14-15,20-21,23-24,27H,7,9H2/t14-,15-,20-/m1/s1. The predicted octanol–water partition coefficient (Wildman–Crippen LogP) is -0.385. The van der Waals surface area contributed by atoms with E-state index in [1.807, 2.05) is 0 Å². The lowest BCUT2D eigenvalue weighted by Gasteiger charge is -2.23. The Labute approximate surface area is 159 Å². The van der Waals surface area contributed by atoms with E-state index in [1.165, 1.54) is 24.3 Å². The van der Waals surface area contributed by atoms with Crippen molar-refractivity contribution in [3.8, 4) is 5.75 Å². The first-order valence-electron chi connectivity index (χ1n) is 8.47. The molecule has 8 nitrogen and oxygen atoms in total. The van der Waals surface area contributed by atoms with Crippen LogP contribution in [0.4, 0.5) is 0 Å². The van der Waals surface area contributed by atoms with Crippen molar-refractivity contribution < 1.29 is 39.5 Å². The molecular weight excluding hydrogens is 368 g/mol. The molecule has 0 amide bonds. The summed E-state index contributed by atoms with van der Waals surface area (Å²) in [4.78, 5) is 36.2. The quantitative estimate of drug-likeness (QED) is 0.403. The average Bonchev–Trinajstić information content (AvgIpc) is 2.73. The van der Waals surface area contributed by atoms with E-state index in [4.69, 9.17) is 4.74 Å². The average molecular weight is 386 g/mol. The van der Waals surface area contributed by atoms with Gasteiger partial charge in [0.05, 0.1) is 12.2 Å². The van der Waals surface area contributed by atoms with E-state index < -0.39 is 43.1 Å². The van der Waals surface area contributed by atoms with Crippen molar-refractivity contribution in [1.29, 1.82) is 0 Å². The highest BCUT2D eigenvalue weighted by Gasteiger charge is 2.33. The van der Waals surface area contributed by atoms with Crippen LogP contribution in [0.15, 0.2) is 36.4 Å². The van der Waals surface area contributed by atoms with Crippen molar-refractivity contribution in [3.05, 3.63) is 64.2 Å². The summed E-state index contributed by atoms with van der Waals surface area (Å²) < 4.78 is 5.44. The number of hydrogen-bond donors (Lipinski definition) is 4. The van der Waals surface area contributed by atoms with Crippen LogP contribution < -0.4 is 4.74 Å². The number of ketones is 2. The van der Waals surface area contributed by atoms with Gasteiger partial charge in [-0.25, -0.2) is 0 Å². The van der Waals surface area contributed by atoms with Crippen molar-refractivity contribution in [2.24, 2.45) is 0 Å². The summed E-state index contributed by atoms with van der Waals surface area (Å²) in [5, 5.41) is 38.3. The maximum absolute atomic E-state index is 12.9. The highest BCUT2D eigenvalue weighted by Crippen LogP contribution is 2.34. The molecule has 0 bridgehead atoms. The van der Waals surface area contributed by atoms with E-state index in [0.717, 1.165) is 0 Å². The molecule has 2 aromatic rings. The van der Waals surface area contributed by atoms with Crippen LogP contribution in [-0.4, -0.2) is 63.2 Å². The molecule has 3 rings (SSSR count). The van der Waals surface area contributed by atoms with Crippen LogP contribution in [0.1, 0.15) is 37.4 Å². The Kier molecular flexibility index (Phi) is 5.66. The third-order valence-corrected chi connectivity index (χ3v) is 4.53. The van der Waals surface area contributed by atoms with E-state index in [2.05, 4.69) is 0 Å². The Bertz CT molecular complexity index is 936. The second-order valence-corrected chi connectivity index (χ2v) is 6.37. The molecule has 2 aromatic carbocycles. The van der Waals surface area contributed by atoms with Gasteiger partial charge in [-0.2, -0.15) is 0 Å². The lowest BCUT2D eigenvalue weighted by molar-refractivity contribution is -0.127. The zero-order valence-corrected chi connectivity index (χ0v) is 14.6. The number of carbonyl (C=O) groups excluding carboxylic acids is 3. The monoisotopic (exact) mass is 386 g/mol. The topological polar surface area (TPSA) is 141 Å². The molecule has 146 valence electrons. The molecule has 0 saturated heterocycles. The third-order valence-electron chi connectivity index (χ3n) is 4.53. The maximum Gasteiger partial charge on any atom is 0.198 e. The smallest absolute Gasteiger partial charge is 0.198 e. The molecule has 0 radical (unpaired) electrons. The first-order valence-corrected chi connectivity index (χ1v) is 8.47. The third kappa shape index (κ3) is 3.46. The highest BCUT2D eigenvalue weighted by atomic mass is 16.5. The molecule has 1 aliphatic carbocycles. The van der Waals surface area contributed by atoms with Gasteiger partial charge < -0.3 is 30.0 Å². The maximum atomic E-state index is 12.9. The van der Waals surface area contributed by atoms with E-state index >= 15 is 0 Å². The summed E-state index contributed by atoms with van der Waals surface area (Å²) in [5.74, 6) is -0.906. The van der Waals surface area contributed by atoms with E-state index in [-0.39, 0.29) is 34.3 Å². The minimum absolute atomic E-state index is 0.0153. The SMILES string of the molecule is O=C[C@@H](O)[C@@H](O)[C@H](O)COc1cc(CO)cc2c1C(=O)c1ccccc1C2=O. The molecule has 0 unspecified atom stereocenters. The van der Waals surface area contributed by atoms with Crippen molar-refractivity contribution in [1.82, 2.24) is 0 Å². The first-order chi connectivity index (χ1) is 13.4. The molecule has 8 heteroatoms. The van der Waals surface area contributed by atoms with Crippen LogP contribution in [0.3, 0.4) is 0 Å². The summed E-state index contributed by atoms with van der Waals surface area (Å²) in [7, 11) is 0. The van der Waals surface area contributed by atoms with Crippen LogP contribution in [0, 0.1) is 0 Å². The van der Waals surface area contributed by atoms with Gasteiger partial charge in [0.25, 0.3) is 0 Å². The molecule has 0 saturated carbocycles. The first kappa shape index (κ1) is 19.8. The van der Waals surface area contributed by atoms with Crippen LogP contribution in [-0.2, 0) is 11.4 Å². The lowest BCUT2D eigenvalue weighted by Crippen LogP contribution is -2.41. The van der Waals surface area contributed by atoms with Crippen LogP contribution in [0.25, 0.3) is 0 Å². The fraction of sp³-hybridized carbons (Fsp3) is 0.250. The summed E-state index contributed by atoms with van der Waals surface area (Å²) >= 11 is 0. The van der Waals surface area contributed by atoms with Gasteiger partial charge >= 0.3 is 0 Å². The normalized spacial score (nSPS) is 16.0. The number of rotatable bonds is 7. The van der Waals surface area contributed by atoms with E-state index in [9.17, 15) is 34.8 Å². The van der Waals surface area contributed by atoms with Gasteiger partial charge in [-0.3, -0.25) is 9.59 Å². The number of carbonyl (C=O) groups is 3. The number of aliphatic hydroxyl groups excluding tert-OH is 4. The Morgan fingerprint density at radius 3 is 2.21 bits per heavy atom. The summed E-state index contributed by atoms with van der Waals surface area (Å²) in [6.45, 7) is -0.974. The number of fused-ring (bicyclic) bond motifs is 2. The van der Waals surface area contributed by atoms with E-state index in [0.29, 0.717) is 5.56 Å². The van der Waals surface area contributed by atoms with Gasteiger partial charge in [0.2, 0.25) is 0 Å². The summed E-state index contributed by atoms with van der Waals surface area (Å²) in [5.41, 5.74) is 0.813. The molecule has 1 aliphatic rings. The Hall–Kier alpha value is -2.91. The fourth-order valence-corrected chi connectivity index (χ4v) is 3.03. The van der Waals surface area contributed by atoms with Crippen molar-refractivity contribution in [3.63, 3.8) is 0 Å². The fourth-order valence-electron chi connectivity index (χ4n) is 3.03. The second kappa shape index (κ2) is 7.99. The minimum atomic E-state index is -1.80. The van der Waals surface area contributed by atoms with Gasteiger partial charge in [0, 0.05) is 16.7 Å². The summed E-state index contributed by atoms with van der Waals surface area (Å²) in [6, 6.07) is 9.07. The number of hydrogen-bond acceptors (Lipinski definition) is 8. The lowest BCUT2D eigenvalue weighted by atomic mass is 9.83. The largest absolute Gasteiger partial charge is 0.490 e. The molecule has 0 aromatic heterocycles. The van der Waals surface area contributed by atoms with Gasteiger partial charge in [-0.15, -0.1) is 0 Å². The van der Waals surface area contributed by atoms with Crippen molar-refractivity contribution >= 4 is 17.9 Å². The zero-order valence-electron chi connectivity index (χ0n) is 14.6. The summed E-state index contributed by atoms with van der Waals surface area (Å²) in [6.07, 6.45) is -5.14. The molecule has 4 N–H and O–H groups in total. The number of aldehydes is 1. The Balaban J connectivity index is 1.98. The molecule has 3 atom stereocenters. The minimum Gasteiger partial charge on any atom is -0.490 e. The van der Waals surface area contributed by atoms with Crippen LogP contribution in [0.5, 0.6) is 5.75 Å². The molecule has 0 spiro atoms. The number of ether oxygens (including phenoxy) is 1. The second-order valence-electron chi connectivity index (χ2n) is 6.37. The van der Waals surface area contributed by atoms with Crippen LogP contribution in [0.2, 0.25) is 0 Å². The molecule has 28 heavy (non-hydrogen) atoms. The predicted molar refractivity (Wildman–Crippen MR) is 95.3 cm³/mol.